The molecule has 0 saturated carbocycles. The molecule has 0 atom stereocenters. The zero-order valence-corrected chi connectivity index (χ0v) is 13.4. The highest BCUT2D eigenvalue weighted by molar-refractivity contribution is 5.54. The summed E-state index contributed by atoms with van der Waals surface area (Å²) < 4.78 is 14.5. The van der Waals surface area contributed by atoms with Gasteiger partial charge in [0.15, 0.2) is 11.6 Å². The monoisotopic (exact) mass is 313 g/mol. The molecule has 0 aliphatic carbocycles. The zero-order valence-electron chi connectivity index (χ0n) is 13.4. The summed E-state index contributed by atoms with van der Waals surface area (Å²) in [6, 6.07) is 3.68. The lowest BCUT2D eigenvalue weighted by molar-refractivity contribution is 0.363. The SMILES string of the molecule is CCCn1ccnc1-c1nccn1-c1ccc(OC)nc1OC. The van der Waals surface area contributed by atoms with E-state index in [1.165, 1.54) is 0 Å². The second-order valence-electron chi connectivity index (χ2n) is 4.95. The fraction of sp³-hybridized carbons (Fsp3) is 0.312. The second-order valence-corrected chi connectivity index (χ2v) is 4.95. The van der Waals surface area contributed by atoms with Crippen LogP contribution in [-0.2, 0) is 6.54 Å². The predicted molar refractivity (Wildman–Crippen MR) is 86.0 cm³/mol. The van der Waals surface area contributed by atoms with Crippen molar-refractivity contribution in [2.24, 2.45) is 0 Å². The van der Waals surface area contributed by atoms with Gasteiger partial charge in [-0.2, -0.15) is 4.98 Å². The molecular formula is C16H19N5O2. The van der Waals surface area contributed by atoms with E-state index in [1.807, 2.05) is 23.0 Å². The molecule has 3 aromatic heterocycles. The molecule has 0 fully saturated rings. The lowest BCUT2D eigenvalue weighted by Crippen LogP contribution is -2.06. The van der Waals surface area contributed by atoms with Gasteiger partial charge >= 0.3 is 0 Å². The number of pyridine rings is 1. The van der Waals surface area contributed by atoms with E-state index in [-0.39, 0.29) is 0 Å². The number of hydrogen-bond donors (Lipinski definition) is 0. The number of ether oxygens (including phenoxy) is 2. The standard InChI is InChI=1S/C16H19N5O2/c1-4-9-20-10-7-17-14(20)15-18-8-11-21(15)12-5-6-13(22-2)19-16(12)23-3/h5-8,10-11H,4,9H2,1-3H3. The number of aryl methyl sites for hydroxylation is 1. The van der Waals surface area contributed by atoms with Crippen LogP contribution >= 0.6 is 0 Å². The Morgan fingerprint density at radius 1 is 1.00 bits per heavy atom. The maximum atomic E-state index is 5.39. The average molecular weight is 313 g/mol. The lowest BCUT2D eigenvalue weighted by atomic mass is 10.3. The number of methoxy groups -OCH3 is 2. The zero-order chi connectivity index (χ0) is 16.2. The first-order chi connectivity index (χ1) is 11.3. The molecule has 0 amide bonds. The fourth-order valence-electron chi connectivity index (χ4n) is 2.46. The minimum atomic E-state index is 0.470. The minimum Gasteiger partial charge on any atom is -0.481 e. The molecule has 0 unspecified atom stereocenters. The number of imidazole rings is 2. The third kappa shape index (κ3) is 2.77. The van der Waals surface area contributed by atoms with Crippen LogP contribution in [0, 0.1) is 0 Å². The topological polar surface area (TPSA) is 67.0 Å². The number of aromatic nitrogens is 5. The Kier molecular flexibility index (Phi) is 4.27. The Morgan fingerprint density at radius 2 is 1.78 bits per heavy atom. The highest BCUT2D eigenvalue weighted by Gasteiger charge is 2.17. The summed E-state index contributed by atoms with van der Waals surface area (Å²) >= 11 is 0. The summed E-state index contributed by atoms with van der Waals surface area (Å²) in [6.07, 6.45) is 8.38. The molecule has 0 N–H and O–H groups in total. The van der Waals surface area contributed by atoms with Gasteiger partial charge in [-0.15, -0.1) is 0 Å². The Bertz CT molecular complexity index is 793. The van der Waals surface area contributed by atoms with E-state index in [2.05, 4.69) is 26.4 Å². The van der Waals surface area contributed by atoms with Gasteiger partial charge in [-0.3, -0.25) is 4.57 Å². The van der Waals surface area contributed by atoms with Crippen molar-refractivity contribution in [3.63, 3.8) is 0 Å². The van der Waals surface area contributed by atoms with Gasteiger partial charge in [-0.25, -0.2) is 9.97 Å². The van der Waals surface area contributed by atoms with Crippen LogP contribution in [0.5, 0.6) is 11.8 Å². The predicted octanol–water partition coefficient (Wildman–Crippen LogP) is 2.56. The van der Waals surface area contributed by atoms with Crippen LogP contribution in [-0.4, -0.2) is 38.3 Å². The number of rotatable bonds is 6. The van der Waals surface area contributed by atoms with Crippen LogP contribution in [0.4, 0.5) is 0 Å². The van der Waals surface area contributed by atoms with Crippen LogP contribution < -0.4 is 9.47 Å². The van der Waals surface area contributed by atoms with Crippen molar-refractivity contribution in [3.05, 3.63) is 36.9 Å². The lowest BCUT2D eigenvalue weighted by Gasteiger charge is -2.13. The van der Waals surface area contributed by atoms with E-state index < -0.39 is 0 Å². The van der Waals surface area contributed by atoms with Crippen LogP contribution in [0.1, 0.15) is 13.3 Å². The normalized spacial score (nSPS) is 10.7. The Hall–Kier alpha value is -2.83. The van der Waals surface area contributed by atoms with Gasteiger partial charge in [0.2, 0.25) is 11.8 Å². The third-order valence-electron chi connectivity index (χ3n) is 3.50. The van der Waals surface area contributed by atoms with Crippen LogP contribution in [0.25, 0.3) is 17.3 Å². The smallest absolute Gasteiger partial charge is 0.241 e. The summed E-state index contributed by atoms with van der Waals surface area (Å²) in [4.78, 5) is 13.2. The van der Waals surface area contributed by atoms with Crippen molar-refractivity contribution in [1.29, 1.82) is 0 Å². The highest BCUT2D eigenvalue weighted by atomic mass is 16.5. The van der Waals surface area contributed by atoms with Crippen LogP contribution in [0.3, 0.4) is 0 Å². The Labute approximate surface area is 134 Å². The van der Waals surface area contributed by atoms with Crippen molar-refractivity contribution in [1.82, 2.24) is 24.1 Å². The van der Waals surface area contributed by atoms with Gasteiger partial charge in [-0.1, -0.05) is 6.92 Å². The molecule has 0 aliphatic heterocycles. The van der Waals surface area contributed by atoms with Crippen molar-refractivity contribution in [2.75, 3.05) is 14.2 Å². The van der Waals surface area contributed by atoms with E-state index in [0.29, 0.717) is 11.8 Å². The molecular weight excluding hydrogens is 294 g/mol. The Balaban J connectivity index is 2.09. The maximum Gasteiger partial charge on any atom is 0.241 e. The summed E-state index contributed by atoms with van der Waals surface area (Å²) in [5, 5.41) is 0. The van der Waals surface area contributed by atoms with Gasteiger partial charge in [0.25, 0.3) is 0 Å². The van der Waals surface area contributed by atoms with Gasteiger partial charge < -0.3 is 14.0 Å². The van der Waals surface area contributed by atoms with Crippen LogP contribution in [0.15, 0.2) is 36.9 Å². The molecule has 0 bridgehead atoms. The molecule has 0 saturated heterocycles. The molecule has 7 heteroatoms. The third-order valence-corrected chi connectivity index (χ3v) is 3.50. The van der Waals surface area contributed by atoms with E-state index in [0.717, 1.165) is 30.3 Å². The van der Waals surface area contributed by atoms with Crippen molar-refractivity contribution >= 4 is 0 Å². The molecule has 120 valence electrons. The molecule has 3 rings (SSSR count). The largest absolute Gasteiger partial charge is 0.481 e. The number of nitrogens with zero attached hydrogens (tertiary/aromatic N) is 5. The van der Waals surface area contributed by atoms with Crippen molar-refractivity contribution in [2.45, 2.75) is 19.9 Å². The molecule has 0 aromatic carbocycles. The van der Waals surface area contributed by atoms with Crippen molar-refractivity contribution < 1.29 is 9.47 Å². The number of hydrogen-bond acceptors (Lipinski definition) is 5. The van der Waals surface area contributed by atoms with E-state index >= 15 is 0 Å². The Morgan fingerprint density at radius 3 is 2.52 bits per heavy atom. The van der Waals surface area contributed by atoms with Gasteiger partial charge in [0.05, 0.1) is 14.2 Å². The molecule has 3 heterocycles. The van der Waals surface area contributed by atoms with Gasteiger partial charge in [-0.05, 0) is 12.5 Å². The van der Waals surface area contributed by atoms with Crippen molar-refractivity contribution in [3.8, 4) is 29.1 Å². The first-order valence-corrected chi connectivity index (χ1v) is 7.42. The first-order valence-electron chi connectivity index (χ1n) is 7.42. The van der Waals surface area contributed by atoms with E-state index in [4.69, 9.17) is 9.47 Å². The quantitative estimate of drug-likeness (QED) is 0.699. The van der Waals surface area contributed by atoms with Gasteiger partial charge in [0.1, 0.15) is 5.69 Å². The molecule has 0 radical (unpaired) electrons. The summed E-state index contributed by atoms with van der Waals surface area (Å²) in [6.45, 7) is 3.02. The molecule has 0 spiro atoms. The average Bonchev–Trinajstić information content (AvgIpc) is 3.23. The molecule has 7 nitrogen and oxygen atoms in total. The van der Waals surface area contributed by atoms with Gasteiger partial charge in [0, 0.05) is 37.4 Å². The summed E-state index contributed by atoms with van der Waals surface area (Å²) in [5.74, 6) is 2.53. The molecule has 0 aliphatic rings. The minimum absolute atomic E-state index is 0.470. The second kappa shape index (κ2) is 6.51. The molecule has 23 heavy (non-hydrogen) atoms. The van der Waals surface area contributed by atoms with Crippen LogP contribution in [0.2, 0.25) is 0 Å². The highest BCUT2D eigenvalue weighted by Crippen LogP contribution is 2.27. The summed E-state index contributed by atoms with van der Waals surface area (Å²) in [5.41, 5.74) is 0.784. The molecule has 3 aromatic rings. The maximum absolute atomic E-state index is 5.39. The summed E-state index contributed by atoms with van der Waals surface area (Å²) in [7, 11) is 3.16. The fourth-order valence-corrected chi connectivity index (χ4v) is 2.46. The van der Waals surface area contributed by atoms with E-state index in [9.17, 15) is 0 Å². The van der Waals surface area contributed by atoms with E-state index in [1.54, 1.807) is 32.7 Å². The first kappa shape index (κ1) is 15.1.